The Morgan fingerprint density at radius 3 is 3.00 bits per heavy atom. The zero-order valence-electron chi connectivity index (χ0n) is 15.1. The van der Waals surface area contributed by atoms with Crippen molar-refractivity contribution in [1.82, 2.24) is 15.6 Å². The fourth-order valence-corrected chi connectivity index (χ4v) is 4.14. The molecule has 136 valence electrons. The highest BCUT2D eigenvalue weighted by molar-refractivity contribution is 5.58. The number of halogens is 1. The minimum atomic E-state index is -0.142. The predicted octanol–water partition coefficient (Wildman–Crippen LogP) is 1.53. The number of anilines is 1. The van der Waals surface area contributed by atoms with Crippen LogP contribution >= 0.6 is 0 Å². The van der Waals surface area contributed by atoms with Crippen molar-refractivity contribution in [1.29, 1.82) is 0 Å². The molecule has 1 saturated heterocycles. The van der Waals surface area contributed by atoms with E-state index in [-0.39, 0.29) is 11.7 Å². The van der Waals surface area contributed by atoms with Crippen molar-refractivity contribution < 1.29 is 4.39 Å². The lowest BCUT2D eigenvalue weighted by Gasteiger charge is -2.29. The van der Waals surface area contributed by atoms with Gasteiger partial charge in [0.25, 0.3) is 0 Å². The molecule has 2 unspecified atom stereocenters. The summed E-state index contributed by atoms with van der Waals surface area (Å²) in [6, 6.07) is 7.60. The van der Waals surface area contributed by atoms with Crippen LogP contribution in [0.1, 0.15) is 36.3 Å². The van der Waals surface area contributed by atoms with Crippen LogP contribution in [0.4, 0.5) is 10.2 Å². The lowest BCUT2D eigenvalue weighted by Crippen LogP contribution is -2.46. The van der Waals surface area contributed by atoms with E-state index in [2.05, 4.69) is 21.7 Å². The number of benzene rings is 1. The number of rotatable bonds is 3. The van der Waals surface area contributed by atoms with Gasteiger partial charge in [0.15, 0.2) is 0 Å². The second kappa shape index (κ2) is 7.08. The van der Waals surface area contributed by atoms with Gasteiger partial charge in [-0.15, -0.1) is 0 Å². The van der Waals surface area contributed by atoms with Gasteiger partial charge in [0, 0.05) is 35.6 Å². The second-order valence-corrected chi connectivity index (χ2v) is 7.31. The summed E-state index contributed by atoms with van der Waals surface area (Å²) in [6.07, 6.45) is 6.97. The van der Waals surface area contributed by atoms with E-state index < -0.39 is 0 Å². The number of nitrogen functional groups attached to an aromatic ring is 1. The highest BCUT2D eigenvalue weighted by atomic mass is 19.1. The molecular weight excluding hydrogens is 327 g/mol. The lowest BCUT2D eigenvalue weighted by atomic mass is 9.86. The summed E-state index contributed by atoms with van der Waals surface area (Å²) in [5.41, 5.74) is 8.83. The first-order chi connectivity index (χ1) is 12.6. The van der Waals surface area contributed by atoms with Gasteiger partial charge >= 0.3 is 0 Å². The number of hydrogen-bond acceptors (Lipinski definition) is 4. The molecule has 4 nitrogen and oxygen atoms in total. The Kier molecular flexibility index (Phi) is 4.64. The maximum Gasteiger partial charge on any atom is 0.127 e. The third kappa shape index (κ3) is 3.31. The summed E-state index contributed by atoms with van der Waals surface area (Å²) >= 11 is 0. The van der Waals surface area contributed by atoms with Crippen molar-refractivity contribution in [2.45, 2.75) is 38.1 Å². The van der Waals surface area contributed by atoms with Crippen LogP contribution in [-0.4, -0.2) is 24.1 Å². The molecule has 0 bridgehead atoms. The zero-order valence-corrected chi connectivity index (χ0v) is 15.1. The Hall–Kier alpha value is -2.40. The minimum Gasteiger partial charge on any atom is -0.384 e. The Labute approximate surface area is 153 Å². The smallest absolute Gasteiger partial charge is 0.127 e. The summed E-state index contributed by atoms with van der Waals surface area (Å²) < 4.78 is 14.6. The third-order valence-corrected chi connectivity index (χ3v) is 5.40. The van der Waals surface area contributed by atoms with Gasteiger partial charge in [0.05, 0.1) is 0 Å². The Morgan fingerprint density at radius 1 is 1.35 bits per heavy atom. The first-order valence-corrected chi connectivity index (χ1v) is 9.30. The van der Waals surface area contributed by atoms with Crippen LogP contribution in [0.15, 0.2) is 30.5 Å². The summed E-state index contributed by atoms with van der Waals surface area (Å²) in [5.74, 6) is 0.365. The summed E-state index contributed by atoms with van der Waals surface area (Å²) in [6.45, 7) is 4.00. The molecule has 1 aromatic carbocycles. The van der Waals surface area contributed by atoms with Gasteiger partial charge in [-0.25, -0.2) is 9.37 Å². The van der Waals surface area contributed by atoms with Crippen LogP contribution in [0.3, 0.4) is 0 Å². The van der Waals surface area contributed by atoms with Gasteiger partial charge < -0.3 is 16.4 Å². The number of nitrogens with one attached hydrogen (secondary N) is 2. The van der Waals surface area contributed by atoms with Crippen LogP contribution < -0.4 is 26.8 Å². The molecule has 0 radical (unpaired) electrons. The number of nitrogens with zero attached hydrogens (tertiary/aromatic N) is 1. The van der Waals surface area contributed by atoms with Crippen molar-refractivity contribution in [3.63, 3.8) is 0 Å². The molecule has 5 heteroatoms. The molecule has 1 aliphatic carbocycles. The van der Waals surface area contributed by atoms with Crippen molar-refractivity contribution in [2.75, 3.05) is 18.8 Å². The molecule has 4 rings (SSSR count). The van der Waals surface area contributed by atoms with E-state index in [1.54, 1.807) is 18.3 Å². The first kappa shape index (κ1) is 17.0. The van der Waals surface area contributed by atoms with Crippen molar-refractivity contribution >= 4 is 17.6 Å². The van der Waals surface area contributed by atoms with E-state index in [9.17, 15) is 4.39 Å². The SMILES string of the molecule is Cc1cccc(F)c1C1C=c2cnc(N)cc2=C(NC2CCCNC2)C1. The fraction of sp³-hybridized carbons (Fsp3) is 0.381. The van der Waals surface area contributed by atoms with Crippen molar-refractivity contribution in [3.8, 4) is 0 Å². The number of aromatic nitrogens is 1. The lowest BCUT2D eigenvalue weighted by molar-refractivity contribution is 0.422. The molecular formula is C21H25FN4. The second-order valence-electron chi connectivity index (χ2n) is 7.31. The maximum atomic E-state index is 14.6. The van der Waals surface area contributed by atoms with Gasteiger partial charge in [-0.2, -0.15) is 0 Å². The summed E-state index contributed by atoms with van der Waals surface area (Å²) in [7, 11) is 0. The molecule has 2 aromatic rings. The molecule has 2 heterocycles. The number of aryl methyl sites for hydroxylation is 1. The Balaban J connectivity index is 1.78. The highest BCUT2D eigenvalue weighted by Crippen LogP contribution is 2.31. The van der Waals surface area contributed by atoms with E-state index in [0.29, 0.717) is 11.9 Å². The molecule has 0 spiro atoms. The molecule has 4 N–H and O–H groups in total. The number of nitrogens with two attached hydrogens (primary N) is 1. The monoisotopic (exact) mass is 352 g/mol. The third-order valence-electron chi connectivity index (χ3n) is 5.40. The van der Waals surface area contributed by atoms with Gasteiger partial charge in [-0.1, -0.05) is 18.2 Å². The van der Waals surface area contributed by atoms with Gasteiger partial charge in [0.2, 0.25) is 0 Å². The van der Waals surface area contributed by atoms with Crippen LogP contribution in [0.25, 0.3) is 11.8 Å². The number of piperidine rings is 1. The Morgan fingerprint density at radius 2 is 2.23 bits per heavy atom. The first-order valence-electron chi connectivity index (χ1n) is 9.30. The number of fused-ring (bicyclic) bond motifs is 1. The average molecular weight is 352 g/mol. The van der Waals surface area contributed by atoms with Crippen molar-refractivity contribution in [3.05, 3.63) is 57.8 Å². The van der Waals surface area contributed by atoms with Gasteiger partial charge in [0.1, 0.15) is 11.6 Å². The molecule has 0 saturated carbocycles. The molecule has 1 fully saturated rings. The van der Waals surface area contributed by atoms with Gasteiger partial charge in [-0.3, -0.25) is 0 Å². The highest BCUT2D eigenvalue weighted by Gasteiger charge is 2.23. The van der Waals surface area contributed by atoms with E-state index in [1.165, 1.54) is 0 Å². The topological polar surface area (TPSA) is 63.0 Å². The van der Waals surface area contributed by atoms with E-state index in [4.69, 9.17) is 5.73 Å². The van der Waals surface area contributed by atoms with Crippen LogP contribution in [0.2, 0.25) is 0 Å². The zero-order chi connectivity index (χ0) is 18.1. The van der Waals surface area contributed by atoms with Crippen molar-refractivity contribution in [2.24, 2.45) is 0 Å². The molecule has 26 heavy (non-hydrogen) atoms. The summed E-state index contributed by atoms with van der Waals surface area (Å²) in [5, 5.41) is 9.26. The molecule has 0 amide bonds. The quantitative estimate of drug-likeness (QED) is 0.784. The number of hydrogen-bond donors (Lipinski definition) is 3. The summed E-state index contributed by atoms with van der Waals surface area (Å²) in [4.78, 5) is 4.25. The van der Waals surface area contributed by atoms with E-state index in [0.717, 1.165) is 59.6 Å². The largest absolute Gasteiger partial charge is 0.384 e. The van der Waals surface area contributed by atoms with Crippen LogP contribution in [-0.2, 0) is 0 Å². The fourth-order valence-electron chi connectivity index (χ4n) is 4.14. The average Bonchev–Trinajstić information content (AvgIpc) is 2.63. The van der Waals surface area contributed by atoms with Crippen LogP contribution in [0, 0.1) is 12.7 Å². The standard InChI is InChI=1S/C21H25FN4/c1-13-4-2-6-18(22)21(13)14-8-15-11-25-20(23)10-17(15)19(9-14)26-16-5-3-7-24-12-16/h2,4,6,8,10-11,14,16,24,26H,3,5,7,9,12,23H2,1H3. The molecule has 1 aliphatic heterocycles. The molecule has 2 atom stereocenters. The number of pyridine rings is 1. The normalized spacial score (nSPS) is 22.5. The van der Waals surface area contributed by atoms with Crippen LogP contribution in [0.5, 0.6) is 0 Å². The molecule has 2 aliphatic rings. The minimum absolute atomic E-state index is 0.00632. The van der Waals surface area contributed by atoms with E-state index in [1.807, 2.05) is 19.1 Å². The maximum absolute atomic E-state index is 14.6. The predicted molar refractivity (Wildman–Crippen MR) is 103 cm³/mol. The Bertz CT molecular complexity index is 911. The van der Waals surface area contributed by atoms with Gasteiger partial charge in [-0.05, 0) is 61.2 Å². The molecule has 1 aromatic heterocycles. The van der Waals surface area contributed by atoms with E-state index >= 15 is 0 Å².